The average Bonchev–Trinajstić information content (AvgIpc) is 3.04. The second-order valence-electron chi connectivity index (χ2n) is 10.3. The van der Waals surface area contributed by atoms with Crippen LogP contribution >= 0.6 is 0 Å². The molecule has 5 aromatic rings. The fourth-order valence-corrected chi connectivity index (χ4v) is 5.43. The Morgan fingerprint density at radius 3 is 1.76 bits per heavy atom. The third-order valence-corrected chi connectivity index (χ3v) is 7.50. The largest absolute Gasteiger partial charge is 0.353 e. The molecule has 6 heteroatoms. The van der Waals surface area contributed by atoms with E-state index in [0.29, 0.717) is 19.3 Å². The molecule has 3 amide bonds. The number of hydrogen-bond acceptors (Lipinski definition) is 4. The number of benzene rings is 4. The number of aryl methyl sites for hydroxylation is 1. The van der Waals surface area contributed by atoms with E-state index in [-0.39, 0.29) is 5.91 Å². The maximum atomic E-state index is 12.8. The van der Waals surface area contributed by atoms with Crippen molar-refractivity contribution in [2.45, 2.75) is 24.8 Å². The maximum absolute atomic E-state index is 12.8. The normalized spacial score (nSPS) is 11.8. The predicted octanol–water partition coefficient (Wildman–Crippen LogP) is 6.47. The van der Waals surface area contributed by atoms with E-state index in [2.05, 4.69) is 64.1 Å². The van der Waals surface area contributed by atoms with Gasteiger partial charge in [-0.05, 0) is 59.2 Å². The molecule has 4 aromatic carbocycles. The summed E-state index contributed by atoms with van der Waals surface area (Å²) in [5.41, 5.74) is 9.91. The number of primary amides is 1. The fourth-order valence-electron chi connectivity index (χ4n) is 5.43. The van der Waals surface area contributed by atoms with Crippen LogP contribution in [0.15, 0.2) is 140 Å². The number of anilines is 1. The van der Waals surface area contributed by atoms with E-state index >= 15 is 0 Å². The van der Waals surface area contributed by atoms with Crippen molar-refractivity contribution in [1.82, 2.24) is 10.3 Å². The van der Waals surface area contributed by atoms with Crippen molar-refractivity contribution in [2.75, 3.05) is 5.32 Å². The molecule has 5 rings (SSSR count). The van der Waals surface area contributed by atoms with Gasteiger partial charge >= 0.3 is 6.03 Å². The van der Waals surface area contributed by atoms with Crippen molar-refractivity contribution >= 4 is 17.8 Å². The molecule has 0 aliphatic heterocycles. The van der Waals surface area contributed by atoms with Crippen molar-refractivity contribution in [2.24, 2.45) is 11.7 Å². The number of nitrogens with two attached hydrogens (primary N) is 1. The summed E-state index contributed by atoms with van der Waals surface area (Å²) in [5.74, 6) is 0.0198. The highest BCUT2D eigenvalue weighted by molar-refractivity contribution is 5.94. The zero-order valence-corrected chi connectivity index (χ0v) is 23.3. The average molecular weight is 555 g/mol. The lowest BCUT2D eigenvalue weighted by Gasteiger charge is -2.37. The third-order valence-electron chi connectivity index (χ3n) is 7.50. The Morgan fingerprint density at radius 2 is 1.21 bits per heavy atom. The van der Waals surface area contributed by atoms with Crippen molar-refractivity contribution in [3.8, 4) is 0 Å². The van der Waals surface area contributed by atoms with Crippen LogP contribution in [0, 0.1) is 5.92 Å². The highest BCUT2D eigenvalue weighted by atomic mass is 16.2. The SMILES string of the molecule is NC(=O)NC(=O)C(CCc1ccc(C(Nc2ccccn2)(c2ccccc2)c2ccccc2)cc1)Cc1ccccc1. The van der Waals surface area contributed by atoms with Crippen LogP contribution in [-0.4, -0.2) is 16.9 Å². The molecule has 0 spiro atoms. The molecule has 0 bridgehead atoms. The topological polar surface area (TPSA) is 97.1 Å². The zero-order chi connectivity index (χ0) is 29.2. The lowest BCUT2D eigenvalue weighted by molar-refractivity contribution is -0.124. The van der Waals surface area contributed by atoms with Crippen molar-refractivity contribution in [1.29, 1.82) is 0 Å². The number of imide groups is 1. The van der Waals surface area contributed by atoms with E-state index in [1.807, 2.05) is 84.9 Å². The Balaban J connectivity index is 1.46. The number of urea groups is 1. The van der Waals surface area contributed by atoms with Crippen LogP contribution in [0.5, 0.6) is 0 Å². The van der Waals surface area contributed by atoms with Crippen molar-refractivity contribution in [3.05, 3.63) is 167 Å². The van der Waals surface area contributed by atoms with E-state index in [1.54, 1.807) is 6.20 Å². The Kier molecular flexibility index (Phi) is 9.04. The van der Waals surface area contributed by atoms with Gasteiger partial charge in [0.1, 0.15) is 11.4 Å². The molecule has 0 saturated heterocycles. The minimum absolute atomic E-state index is 0.352. The van der Waals surface area contributed by atoms with Crippen molar-refractivity contribution < 1.29 is 9.59 Å². The van der Waals surface area contributed by atoms with Crippen LogP contribution in [-0.2, 0) is 23.2 Å². The Morgan fingerprint density at radius 1 is 0.667 bits per heavy atom. The first-order valence-electron chi connectivity index (χ1n) is 14.1. The molecular formula is C36H34N4O2. The highest BCUT2D eigenvalue weighted by Gasteiger charge is 2.36. The Hall–Kier alpha value is -5.23. The summed E-state index contributed by atoms with van der Waals surface area (Å²) in [4.78, 5) is 28.8. The number of carbonyl (C=O) groups excluding carboxylic acids is 2. The summed E-state index contributed by atoms with van der Waals surface area (Å²) >= 11 is 0. The zero-order valence-electron chi connectivity index (χ0n) is 23.3. The molecule has 1 aromatic heterocycles. The van der Waals surface area contributed by atoms with Crippen LogP contribution < -0.4 is 16.4 Å². The van der Waals surface area contributed by atoms with Crippen LogP contribution in [0.3, 0.4) is 0 Å². The van der Waals surface area contributed by atoms with Crippen molar-refractivity contribution in [3.63, 3.8) is 0 Å². The van der Waals surface area contributed by atoms with Gasteiger partial charge in [0.2, 0.25) is 5.91 Å². The molecule has 0 aliphatic carbocycles. The van der Waals surface area contributed by atoms with E-state index < -0.39 is 17.5 Å². The molecule has 0 aliphatic rings. The van der Waals surface area contributed by atoms with Crippen LogP contribution in [0.25, 0.3) is 0 Å². The molecule has 210 valence electrons. The number of hydrogen-bond donors (Lipinski definition) is 3. The Labute approximate surface area is 246 Å². The summed E-state index contributed by atoms with van der Waals surface area (Å²) in [5, 5.41) is 6.04. The number of rotatable bonds is 11. The maximum Gasteiger partial charge on any atom is 0.318 e. The quantitative estimate of drug-likeness (QED) is 0.163. The van der Waals surface area contributed by atoms with Gasteiger partial charge in [-0.1, -0.05) is 121 Å². The molecule has 6 nitrogen and oxygen atoms in total. The van der Waals surface area contributed by atoms with Gasteiger partial charge in [0.15, 0.2) is 0 Å². The molecule has 0 fully saturated rings. The number of amides is 3. The molecule has 1 unspecified atom stereocenters. The molecule has 42 heavy (non-hydrogen) atoms. The summed E-state index contributed by atoms with van der Waals surface area (Å²) in [7, 11) is 0. The van der Waals surface area contributed by atoms with Gasteiger partial charge in [-0.25, -0.2) is 9.78 Å². The second kappa shape index (κ2) is 13.4. The standard InChI is InChI=1S/C36H34N4O2/c37-35(42)39-34(41)29(26-28-12-4-1-5-13-28)22-19-27-20-23-32(24-21-27)36(30-14-6-2-7-15-30,31-16-8-3-9-17-31)40-33-18-10-11-25-38-33/h1-18,20-21,23-25,29H,19,22,26H2,(H,38,40)(H3,37,39,41,42). The highest BCUT2D eigenvalue weighted by Crippen LogP contribution is 2.39. The first kappa shape index (κ1) is 28.3. The minimum Gasteiger partial charge on any atom is -0.353 e. The number of pyridine rings is 1. The lowest BCUT2D eigenvalue weighted by Crippen LogP contribution is -2.40. The van der Waals surface area contributed by atoms with Gasteiger partial charge in [-0.15, -0.1) is 0 Å². The summed E-state index contributed by atoms with van der Waals surface area (Å²) in [6, 6.07) is 44.1. The molecule has 0 radical (unpaired) electrons. The first-order valence-corrected chi connectivity index (χ1v) is 14.1. The number of carbonyl (C=O) groups is 2. The number of aromatic nitrogens is 1. The van der Waals surface area contributed by atoms with Gasteiger partial charge in [0.25, 0.3) is 0 Å². The first-order chi connectivity index (χ1) is 20.5. The molecule has 1 atom stereocenters. The van der Waals surface area contributed by atoms with Gasteiger partial charge in [-0.2, -0.15) is 0 Å². The third kappa shape index (κ3) is 6.73. The molecular weight excluding hydrogens is 520 g/mol. The molecule has 4 N–H and O–H groups in total. The summed E-state index contributed by atoms with van der Waals surface area (Å²) < 4.78 is 0. The summed E-state index contributed by atoms with van der Waals surface area (Å²) in [6.07, 6.45) is 3.55. The predicted molar refractivity (Wildman–Crippen MR) is 167 cm³/mol. The van der Waals surface area contributed by atoms with E-state index in [4.69, 9.17) is 5.73 Å². The minimum atomic E-state index is -0.832. The van der Waals surface area contributed by atoms with E-state index in [1.165, 1.54) is 0 Å². The van der Waals surface area contributed by atoms with Gasteiger partial charge in [-0.3, -0.25) is 10.1 Å². The molecule has 0 saturated carbocycles. The fraction of sp³-hybridized carbons (Fsp3) is 0.139. The molecule has 1 heterocycles. The van der Waals surface area contributed by atoms with Crippen LogP contribution in [0.1, 0.15) is 34.2 Å². The Bertz CT molecular complexity index is 1540. The lowest BCUT2D eigenvalue weighted by atomic mass is 9.76. The monoisotopic (exact) mass is 554 g/mol. The van der Waals surface area contributed by atoms with E-state index in [9.17, 15) is 9.59 Å². The second-order valence-corrected chi connectivity index (χ2v) is 10.3. The van der Waals surface area contributed by atoms with E-state index in [0.717, 1.165) is 33.6 Å². The van der Waals surface area contributed by atoms with Gasteiger partial charge in [0.05, 0.1) is 0 Å². The number of nitrogens with zero attached hydrogens (tertiary/aromatic N) is 1. The summed E-state index contributed by atoms with van der Waals surface area (Å²) in [6.45, 7) is 0. The smallest absolute Gasteiger partial charge is 0.318 e. The van der Waals surface area contributed by atoms with Gasteiger partial charge < -0.3 is 11.1 Å². The number of nitrogens with one attached hydrogen (secondary N) is 2. The van der Waals surface area contributed by atoms with Crippen LogP contribution in [0.4, 0.5) is 10.6 Å². The van der Waals surface area contributed by atoms with Gasteiger partial charge in [0, 0.05) is 12.1 Å². The van der Waals surface area contributed by atoms with Crippen LogP contribution in [0.2, 0.25) is 0 Å².